The summed E-state index contributed by atoms with van der Waals surface area (Å²) in [6.07, 6.45) is 0. The van der Waals surface area contributed by atoms with Crippen LogP contribution in [0.3, 0.4) is 0 Å². The van der Waals surface area contributed by atoms with E-state index >= 15 is 0 Å². The number of benzene rings is 1. The summed E-state index contributed by atoms with van der Waals surface area (Å²) >= 11 is 0. The molecule has 0 fully saturated rings. The summed E-state index contributed by atoms with van der Waals surface area (Å²) in [5.41, 5.74) is 2.65. The third-order valence-corrected chi connectivity index (χ3v) is 4.23. The number of hydrogen-bond donors (Lipinski definition) is 0. The van der Waals surface area contributed by atoms with Gasteiger partial charge in [0.2, 0.25) is 5.78 Å². The Morgan fingerprint density at radius 2 is 2.00 bits per heavy atom. The van der Waals surface area contributed by atoms with Crippen molar-refractivity contribution in [3.05, 3.63) is 58.6 Å². The number of rotatable bonds is 6. The maximum Gasteiger partial charge on any atom is 0.202 e. The number of aryl methyl sites for hydroxylation is 2. The van der Waals surface area contributed by atoms with Crippen molar-refractivity contribution in [3.8, 4) is 23.4 Å². The van der Waals surface area contributed by atoms with E-state index in [1.165, 1.54) is 7.11 Å². The average molecular weight is 365 g/mol. The highest BCUT2D eigenvalue weighted by Crippen LogP contribution is 2.28. The Morgan fingerprint density at radius 3 is 2.63 bits per heavy atom. The van der Waals surface area contributed by atoms with E-state index in [1.54, 1.807) is 24.3 Å². The number of ketones is 1. The van der Waals surface area contributed by atoms with Crippen molar-refractivity contribution < 1.29 is 18.8 Å². The van der Waals surface area contributed by atoms with Gasteiger partial charge in [-0.3, -0.25) is 9.36 Å². The van der Waals surface area contributed by atoms with Gasteiger partial charge < -0.3 is 14.0 Å². The fraction of sp³-hybridized carbons (Fsp3) is 0.250. The van der Waals surface area contributed by atoms with Gasteiger partial charge in [-0.2, -0.15) is 5.26 Å². The van der Waals surface area contributed by atoms with Gasteiger partial charge in [0.1, 0.15) is 5.76 Å². The number of carbonyl (C=O) groups excluding carboxylic acids is 1. The minimum Gasteiger partial charge on any atom is -0.493 e. The summed E-state index contributed by atoms with van der Waals surface area (Å²) in [5, 5.41) is 13.0. The lowest BCUT2D eigenvalue weighted by molar-refractivity contribution is 0.0919. The van der Waals surface area contributed by atoms with E-state index in [0.717, 1.165) is 11.4 Å². The molecule has 0 unspecified atom stereocenters. The standard InChI is InChI=1S/C20H19N3O4/c1-12-7-16(14(3)23(12)20-8-13(2)27-22-20)17(24)11-26-18-6-5-15(10-21)9-19(18)25-4/h5-9H,11H2,1-4H3. The highest BCUT2D eigenvalue weighted by atomic mass is 16.5. The van der Waals surface area contributed by atoms with Crippen LogP contribution in [-0.4, -0.2) is 29.2 Å². The largest absolute Gasteiger partial charge is 0.493 e. The van der Waals surface area contributed by atoms with Crippen LogP contribution < -0.4 is 9.47 Å². The fourth-order valence-electron chi connectivity index (χ4n) is 2.93. The molecule has 0 spiro atoms. The number of carbonyl (C=O) groups is 1. The molecule has 0 saturated carbocycles. The summed E-state index contributed by atoms with van der Waals surface area (Å²) in [4.78, 5) is 12.7. The van der Waals surface area contributed by atoms with Crippen LogP contribution in [0.25, 0.3) is 5.82 Å². The lowest BCUT2D eigenvalue weighted by Crippen LogP contribution is -2.13. The van der Waals surface area contributed by atoms with E-state index in [0.29, 0.717) is 34.2 Å². The molecule has 7 heteroatoms. The van der Waals surface area contributed by atoms with Gasteiger partial charge in [-0.25, -0.2) is 0 Å². The van der Waals surface area contributed by atoms with Gasteiger partial charge in [-0.15, -0.1) is 0 Å². The predicted molar refractivity (Wildman–Crippen MR) is 97.6 cm³/mol. The Bertz CT molecular complexity index is 1040. The first kappa shape index (κ1) is 18.3. The Hall–Kier alpha value is -3.53. The molecule has 3 aromatic rings. The molecule has 0 amide bonds. The van der Waals surface area contributed by atoms with Crippen molar-refractivity contribution in [2.24, 2.45) is 0 Å². The van der Waals surface area contributed by atoms with Crippen molar-refractivity contribution in [1.82, 2.24) is 9.72 Å². The van der Waals surface area contributed by atoms with Crippen LogP contribution in [0.5, 0.6) is 11.5 Å². The maximum atomic E-state index is 12.7. The van der Waals surface area contributed by atoms with E-state index in [1.807, 2.05) is 37.5 Å². The molecule has 138 valence electrons. The van der Waals surface area contributed by atoms with Crippen LogP contribution in [0.1, 0.15) is 33.1 Å². The molecule has 2 heterocycles. The number of nitriles is 1. The maximum absolute atomic E-state index is 12.7. The van der Waals surface area contributed by atoms with Crippen LogP contribution >= 0.6 is 0 Å². The third kappa shape index (κ3) is 3.55. The topological polar surface area (TPSA) is 90.3 Å². The number of hydrogen-bond acceptors (Lipinski definition) is 6. The van der Waals surface area contributed by atoms with E-state index in [9.17, 15) is 4.79 Å². The number of aromatic nitrogens is 2. The van der Waals surface area contributed by atoms with Gasteiger partial charge in [0.05, 0.1) is 18.7 Å². The molecule has 0 radical (unpaired) electrons. The van der Waals surface area contributed by atoms with Crippen LogP contribution in [0.15, 0.2) is 34.9 Å². The van der Waals surface area contributed by atoms with Gasteiger partial charge in [0, 0.05) is 29.1 Å². The minimum absolute atomic E-state index is 0.148. The van der Waals surface area contributed by atoms with Crippen LogP contribution in [0.2, 0.25) is 0 Å². The molecule has 0 aliphatic heterocycles. The van der Waals surface area contributed by atoms with Crippen LogP contribution in [-0.2, 0) is 0 Å². The predicted octanol–water partition coefficient (Wildman–Crippen LogP) is 3.53. The molecule has 0 aliphatic carbocycles. The second-order valence-corrected chi connectivity index (χ2v) is 6.11. The van der Waals surface area contributed by atoms with Crippen molar-refractivity contribution in [2.75, 3.05) is 13.7 Å². The molecule has 0 N–H and O–H groups in total. The third-order valence-electron chi connectivity index (χ3n) is 4.23. The highest BCUT2D eigenvalue weighted by molar-refractivity contribution is 5.98. The summed E-state index contributed by atoms with van der Waals surface area (Å²) < 4.78 is 17.9. The van der Waals surface area contributed by atoms with Crippen LogP contribution in [0, 0.1) is 32.1 Å². The van der Waals surface area contributed by atoms with E-state index in [4.69, 9.17) is 19.3 Å². The first-order valence-corrected chi connectivity index (χ1v) is 8.31. The Balaban J connectivity index is 1.81. The number of Topliss-reactive ketones (excluding diaryl/α,β-unsaturated/α-hetero) is 1. The fourth-order valence-corrected chi connectivity index (χ4v) is 2.93. The van der Waals surface area contributed by atoms with E-state index in [2.05, 4.69) is 5.16 Å². The molecule has 0 bridgehead atoms. The monoisotopic (exact) mass is 365 g/mol. The zero-order valence-corrected chi connectivity index (χ0v) is 15.6. The molecule has 0 aliphatic rings. The summed E-state index contributed by atoms with van der Waals surface area (Å²) in [5.74, 6) is 1.98. The molecule has 3 rings (SSSR count). The first-order chi connectivity index (χ1) is 12.9. The summed E-state index contributed by atoms with van der Waals surface area (Å²) in [6.45, 7) is 5.42. The quantitative estimate of drug-likeness (QED) is 0.621. The van der Waals surface area contributed by atoms with Gasteiger partial charge >= 0.3 is 0 Å². The van der Waals surface area contributed by atoms with Crippen molar-refractivity contribution in [3.63, 3.8) is 0 Å². The van der Waals surface area contributed by atoms with Gasteiger partial charge in [-0.05, 0) is 39.0 Å². The second kappa shape index (κ2) is 7.38. The van der Waals surface area contributed by atoms with Gasteiger partial charge in [0.25, 0.3) is 0 Å². The first-order valence-electron chi connectivity index (χ1n) is 8.31. The molecule has 2 aromatic heterocycles. The van der Waals surface area contributed by atoms with E-state index in [-0.39, 0.29) is 12.4 Å². The number of nitrogens with zero attached hydrogens (tertiary/aromatic N) is 3. The molecule has 27 heavy (non-hydrogen) atoms. The normalized spacial score (nSPS) is 10.5. The minimum atomic E-state index is -0.166. The SMILES string of the molecule is COc1cc(C#N)ccc1OCC(=O)c1cc(C)n(-c2cc(C)on2)c1C. The van der Waals surface area contributed by atoms with Gasteiger partial charge in [-0.1, -0.05) is 5.16 Å². The number of ether oxygens (including phenoxy) is 2. The second-order valence-electron chi connectivity index (χ2n) is 6.11. The molecule has 1 aromatic carbocycles. The van der Waals surface area contributed by atoms with Crippen molar-refractivity contribution in [2.45, 2.75) is 20.8 Å². The Morgan fingerprint density at radius 1 is 1.22 bits per heavy atom. The Labute approximate surface area is 156 Å². The zero-order valence-electron chi connectivity index (χ0n) is 15.6. The van der Waals surface area contributed by atoms with Crippen molar-refractivity contribution >= 4 is 5.78 Å². The average Bonchev–Trinajstić information content (AvgIpc) is 3.21. The number of methoxy groups -OCH3 is 1. The molecule has 7 nitrogen and oxygen atoms in total. The molecular weight excluding hydrogens is 346 g/mol. The van der Waals surface area contributed by atoms with Crippen LogP contribution in [0.4, 0.5) is 0 Å². The summed E-state index contributed by atoms with van der Waals surface area (Å²) in [7, 11) is 1.48. The van der Waals surface area contributed by atoms with E-state index < -0.39 is 0 Å². The van der Waals surface area contributed by atoms with Crippen molar-refractivity contribution in [1.29, 1.82) is 5.26 Å². The highest BCUT2D eigenvalue weighted by Gasteiger charge is 2.19. The lowest BCUT2D eigenvalue weighted by Gasteiger charge is -2.10. The summed E-state index contributed by atoms with van der Waals surface area (Å²) in [6, 6.07) is 10.5. The molecule has 0 saturated heterocycles. The molecule has 0 atom stereocenters. The smallest absolute Gasteiger partial charge is 0.202 e. The zero-order chi connectivity index (χ0) is 19.6. The lowest BCUT2D eigenvalue weighted by atomic mass is 10.1. The Kier molecular flexibility index (Phi) is 4.99. The van der Waals surface area contributed by atoms with Gasteiger partial charge in [0.15, 0.2) is 23.9 Å². The molecular formula is C20H19N3O4.